The Balaban J connectivity index is 3.81. The third kappa shape index (κ3) is 4.68. The van der Waals surface area contributed by atoms with Gasteiger partial charge < -0.3 is 0 Å². The Kier molecular flexibility index (Phi) is 4.32. The molecule has 0 nitrogen and oxygen atoms in total. The molecule has 0 radical (unpaired) electrons. The third-order valence-electron chi connectivity index (χ3n) is 0.783. The van der Waals surface area contributed by atoms with Gasteiger partial charge in [0.2, 0.25) is 0 Å². The largest absolute Gasteiger partial charge is 0.125 e. The summed E-state index contributed by atoms with van der Waals surface area (Å²) in [7, 11) is 0. The molecule has 0 aliphatic rings. The standard InChI is InChI=1S/C9H10/c1-4-6-8-9(3)7-5-2/h2,4,8H,3,7H2,1H3. The van der Waals surface area contributed by atoms with E-state index in [4.69, 9.17) is 6.42 Å². The molecule has 46 valence electrons. The summed E-state index contributed by atoms with van der Waals surface area (Å²) in [5.74, 6) is 2.49. The van der Waals surface area contributed by atoms with Crippen molar-refractivity contribution >= 4 is 0 Å². The van der Waals surface area contributed by atoms with Gasteiger partial charge >= 0.3 is 0 Å². The lowest BCUT2D eigenvalue weighted by Gasteiger charge is -1.84. The summed E-state index contributed by atoms with van der Waals surface area (Å²) >= 11 is 0. The number of allylic oxidation sites excluding steroid dienone is 2. The summed E-state index contributed by atoms with van der Waals surface area (Å²) in [5.41, 5.74) is 3.81. The second-order valence-corrected chi connectivity index (χ2v) is 1.64. The first-order valence-electron chi connectivity index (χ1n) is 2.79. The lowest BCUT2D eigenvalue weighted by molar-refractivity contribution is 1.36. The minimum atomic E-state index is 0.612. The molecule has 0 atom stereocenters. The number of terminal acetylenes is 1. The van der Waals surface area contributed by atoms with Gasteiger partial charge in [-0.15, -0.1) is 18.1 Å². The lowest BCUT2D eigenvalue weighted by atomic mass is 10.2. The van der Waals surface area contributed by atoms with Crippen LogP contribution in [-0.4, -0.2) is 0 Å². The molecule has 0 aromatic carbocycles. The van der Waals surface area contributed by atoms with Crippen LogP contribution in [0.5, 0.6) is 0 Å². The van der Waals surface area contributed by atoms with Gasteiger partial charge in [-0.1, -0.05) is 6.58 Å². The van der Waals surface area contributed by atoms with E-state index in [0.717, 1.165) is 5.57 Å². The summed E-state index contributed by atoms with van der Waals surface area (Å²) in [6.45, 7) is 5.60. The van der Waals surface area contributed by atoms with Gasteiger partial charge in [0.25, 0.3) is 0 Å². The molecule has 0 heteroatoms. The molecule has 0 rings (SSSR count). The third-order valence-corrected chi connectivity index (χ3v) is 0.783. The number of hydrogen-bond donors (Lipinski definition) is 0. The minimum Gasteiger partial charge on any atom is -0.125 e. The van der Waals surface area contributed by atoms with Gasteiger partial charge in [0.15, 0.2) is 0 Å². The molecule has 0 unspecified atom stereocenters. The molecule has 9 heavy (non-hydrogen) atoms. The molecule has 0 aromatic rings. The molecule has 0 fully saturated rings. The van der Waals surface area contributed by atoms with Crippen molar-refractivity contribution in [2.75, 3.05) is 0 Å². The molecule has 0 heterocycles. The Bertz CT molecular complexity index is 183. The maximum Gasteiger partial charge on any atom is 0.0337 e. The monoisotopic (exact) mass is 118 g/mol. The Morgan fingerprint density at radius 1 is 1.78 bits per heavy atom. The molecule has 0 saturated carbocycles. The van der Waals surface area contributed by atoms with Crippen LogP contribution in [0.1, 0.15) is 13.3 Å². The molecule has 0 bridgehead atoms. The molecule has 0 saturated heterocycles. The summed E-state index contributed by atoms with van der Waals surface area (Å²) in [6.07, 6.45) is 9.26. The molecule has 0 aliphatic heterocycles. The van der Waals surface area contributed by atoms with Gasteiger partial charge in [-0.3, -0.25) is 0 Å². The molecule has 0 N–H and O–H groups in total. The maximum absolute atomic E-state index is 5.03. The fraction of sp³-hybridized carbons (Fsp3) is 0.222. The second kappa shape index (κ2) is 4.97. The maximum atomic E-state index is 5.03. The summed E-state index contributed by atoms with van der Waals surface area (Å²) in [5, 5.41) is 0. The molecular formula is C9H10. The van der Waals surface area contributed by atoms with Crippen LogP contribution in [0.3, 0.4) is 0 Å². The second-order valence-electron chi connectivity index (χ2n) is 1.64. The van der Waals surface area contributed by atoms with E-state index < -0.39 is 0 Å². The van der Waals surface area contributed by atoms with Crippen molar-refractivity contribution in [1.29, 1.82) is 0 Å². The van der Waals surface area contributed by atoms with Gasteiger partial charge in [-0.05, 0) is 24.6 Å². The average Bonchev–Trinajstić information content (AvgIpc) is 1.85. The van der Waals surface area contributed by atoms with Gasteiger partial charge in [-0.2, -0.15) is 0 Å². The summed E-state index contributed by atoms with van der Waals surface area (Å²) < 4.78 is 0. The highest BCUT2D eigenvalue weighted by molar-refractivity contribution is 5.18. The first-order valence-corrected chi connectivity index (χ1v) is 2.79. The number of rotatable bonds is 2. The average molecular weight is 118 g/mol. The van der Waals surface area contributed by atoms with E-state index in [-0.39, 0.29) is 0 Å². The van der Waals surface area contributed by atoms with E-state index in [1.54, 1.807) is 6.08 Å². The predicted molar refractivity (Wildman–Crippen MR) is 40.9 cm³/mol. The minimum absolute atomic E-state index is 0.612. The highest BCUT2D eigenvalue weighted by atomic mass is 13.8. The van der Waals surface area contributed by atoms with Crippen molar-refractivity contribution in [3.8, 4) is 12.3 Å². The molecule has 0 aromatic heterocycles. The fourth-order valence-electron chi connectivity index (χ4n) is 0.383. The van der Waals surface area contributed by atoms with Crippen LogP contribution < -0.4 is 0 Å². The first-order chi connectivity index (χ1) is 4.31. The first kappa shape index (κ1) is 7.82. The fourth-order valence-corrected chi connectivity index (χ4v) is 0.383. The molecular weight excluding hydrogens is 108 g/mol. The van der Waals surface area contributed by atoms with Crippen molar-refractivity contribution in [2.45, 2.75) is 13.3 Å². The van der Waals surface area contributed by atoms with Crippen molar-refractivity contribution in [3.63, 3.8) is 0 Å². The molecule has 0 aliphatic carbocycles. The quantitative estimate of drug-likeness (QED) is 0.296. The van der Waals surface area contributed by atoms with Gasteiger partial charge in [-0.25, -0.2) is 0 Å². The highest BCUT2D eigenvalue weighted by Crippen LogP contribution is 1.95. The zero-order valence-electron chi connectivity index (χ0n) is 5.65. The van der Waals surface area contributed by atoms with E-state index in [1.807, 2.05) is 13.0 Å². The lowest BCUT2D eigenvalue weighted by Crippen LogP contribution is -1.67. The topological polar surface area (TPSA) is 0 Å². The van der Waals surface area contributed by atoms with Crippen molar-refractivity contribution in [3.05, 3.63) is 30.0 Å². The Hall–Kier alpha value is -1.18. The Morgan fingerprint density at radius 2 is 2.44 bits per heavy atom. The van der Waals surface area contributed by atoms with Gasteiger partial charge in [0.05, 0.1) is 0 Å². The van der Waals surface area contributed by atoms with Crippen LogP contribution in [0.15, 0.2) is 30.0 Å². The predicted octanol–water partition coefficient (Wildman–Crippen LogP) is 2.30. The van der Waals surface area contributed by atoms with E-state index in [9.17, 15) is 0 Å². The van der Waals surface area contributed by atoms with Crippen LogP contribution in [-0.2, 0) is 0 Å². The summed E-state index contributed by atoms with van der Waals surface area (Å²) in [6, 6.07) is 0. The van der Waals surface area contributed by atoms with Crippen molar-refractivity contribution < 1.29 is 0 Å². The van der Waals surface area contributed by atoms with E-state index in [1.165, 1.54) is 0 Å². The SMILES string of the molecule is C#CCC(=C)C=C=CC. The van der Waals surface area contributed by atoms with Crippen LogP contribution in [0.25, 0.3) is 0 Å². The van der Waals surface area contributed by atoms with Gasteiger partial charge in [0.1, 0.15) is 0 Å². The Morgan fingerprint density at radius 3 is 2.89 bits per heavy atom. The van der Waals surface area contributed by atoms with E-state index in [0.29, 0.717) is 6.42 Å². The summed E-state index contributed by atoms with van der Waals surface area (Å²) in [4.78, 5) is 0. The van der Waals surface area contributed by atoms with E-state index >= 15 is 0 Å². The van der Waals surface area contributed by atoms with Crippen LogP contribution in [0.4, 0.5) is 0 Å². The van der Waals surface area contributed by atoms with Crippen LogP contribution >= 0.6 is 0 Å². The zero-order chi connectivity index (χ0) is 7.11. The molecule has 0 spiro atoms. The highest BCUT2D eigenvalue weighted by Gasteiger charge is 1.78. The Labute approximate surface area is 56.6 Å². The van der Waals surface area contributed by atoms with Crippen molar-refractivity contribution in [1.82, 2.24) is 0 Å². The normalized spacial score (nSPS) is 6.67. The van der Waals surface area contributed by atoms with Crippen LogP contribution in [0.2, 0.25) is 0 Å². The van der Waals surface area contributed by atoms with E-state index in [2.05, 4.69) is 18.2 Å². The smallest absolute Gasteiger partial charge is 0.0337 e. The van der Waals surface area contributed by atoms with Crippen molar-refractivity contribution in [2.24, 2.45) is 0 Å². The van der Waals surface area contributed by atoms with Crippen LogP contribution in [0, 0.1) is 12.3 Å². The zero-order valence-corrected chi connectivity index (χ0v) is 5.65. The number of hydrogen-bond acceptors (Lipinski definition) is 0. The molecule has 0 amide bonds. The van der Waals surface area contributed by atoms with Gasteiger partial charge in [0, 0.05) is 6.42 Å².